The molecule has 1 amide bonds. The second kappa shape index (κ2) is 12.2. The van der Waals surface area contributed by atoms with Crippen LogP contribution in [0, 0.1) is 6.92 Å². The Morgan fingerprint density at radius 3 is 2.60 bits per heavy atom. The minimum atomic E-state index is -0.507. The number of carbonyl (C=O) groups is 1. The van der Waals surface area contributed by atoms with Gasteiger partial charge in [0.1, 0.15) is 22.2 Å². The number of aromatic nitrogens is 5. The van der Waals surface area contributed by atoms with E-state index in [9.17, 15) is 4.79 Å². The number of carbonyl (C=O) groups excluding carboxylic acids is 1. The number of likely N-dealkylation sites (tertiary alicyclic amines) is 1. The Hall–Kier alpha value is -3.77. The fourth-order valence-corrected chi connectivity index (χ4v) is 5.50. The smallest absolute Gasteiger partial charge is 0.410 e. The van der Waals surface area contributed by atoms with Gasteiger partial charge in [-0.1, -0.05) is 17.8 Å². The maximum absolute atomic E-state index is 12.4. The van der Waals surface area contributed by atoms with Crippen molar-refractivity contribution in [2.75, 3.05) is 18.4 Å². The van der Waals surface area contributed by atoms with E-state index in [-0.39, 0.29) is 12.0 Å². The lowest BCUT2D eigenvalue weighted by Crippen LogP contribution is -2.41. The van der Waals surface area contributed by atoms with Crippen LogP contribution >= 0.6 is 23.3 Å². The molecule has 0 bridgehead atoms. The SMILES string of the molecule is Cc1ncccc1Oc1cc(Sc2ccccn2)cnc1Nc1nc(C2CCN(C(=O)OC(C)(C)C)CC2)ns1. The van der Waals surface area contributed by atoms with Crippen molar-refractivity contribution in [2.45, 2.75) is 62.0 Å². The van der Waals surface area contributed by atoms with Gasteiger partial charge in [-0.15, -0.1) is 0 Å². The Morgan fingerprint density at radius 1 is 1.07 bits per heavy atom. The second-order valence-corrected chi connectivity index (χ2v) is 12.1. The topological polar surface area (TPSA) is 115 Å². The summed E-state index contributed by atoms with van der Waals surface area (Å²) in [6, 6.07) is 11.4. The summed E-state index contributed by atoms with van der Waals surface area (Å²) < 4.78 is 16.4. The predicted octanol–water partition coefficient (Wildman–Crippen LogP) is 6.83. The minimum Gasteiger partial charge on any atom is -0.452 e. The van der Waals surface area contributed by atoms with E-state index >= 15 is 0 Å². The minimum absolute atomic E-state index is 0.171. The Labute approximate surface area is 241 Å². The molecule has 208 valence electrons. The first-order valence-corrected chi connectivity index (χ1v) is 14.6. The number of aryl methyl sites for hydroxylation is 1. The van der Waals surface area contributed by atoms with Gasteiger partial charge >= 0.3 is 6.09 Å². The summed E-state index contributed by atoms with van der Waals surface area (Å²) in [6.07, 6.45) is 6.55. The van der Waals surface area contributed by atoms with Gasteiger partial charge in [-0.05, 0) is 64.8 Å². The maximum Gasteiger partial charge on any atom is 0.410 e. The highest BCUT2D eigenvalue weighted by Crippen LogP contribution is 2.37. The Balaban J connectivity index is 1.30. The molecule has 0 radical (unpaired) electrons. The van der Waals surface area contributed by atoms with Gasteiger partial charge in [0, 0.05) is 60.1 Å². The fourth-order valence-electron chi connectivity index (χ4n) is 4.08. The lowest BCUT2D eigenvalue weighted by Gasteiger charge is -2.32. The Kier molecular flexibility index (Phi) is 8.46. The van der Waals surface area contributed by atoms with E-state index in [0.717, 1.165) is 34.3 Å². The van der Waals surface area contributed by atoms with Crippen molar-refractivity contribution in [3.63, 3.8) is 0 Å². The standard InChI is InChI=1S/C28H31N7O3S2/c1-18-21(8-7-13-29-18)37-22-16-20(39-23-9-5-6-12-30-23)17-31-25(22)33-26-32-24(34-40-26)19-10-14-35(15-11-19)27(36)38-28(2,3)4/h5-9,12-13,16-17,19H,10-11,14-15H2,1-4H3,(H,31,32,33,34). The van der Waals surface area contributed by atoms with Gasteiger partial charge in [0.2, 0.25) is 5.13 Å². The summed E-state index contributed by atoms with van der Waals surface area (Å²) in [5.41, 5.74) is 0.263. The van der Waals surface area contributed by atoms with Crippen molar-refractivity contribution in [2.24, 2.45) is 0 Å². The van der Waals surface area contributed by atoms with Gasteiger partial charge in [0.25, 0.3) is 0 Å². The van der Waals surface area contributed by atoms with Crippen LogP contribution in [0.5, 0.6) is 11.5 Å². The number of nitrogens with zero attached hydrogens (tertiary/aromatic N) is 6. The molecular weight excluding hydrogens is 546 g/mol. The Bertz CT molecular complexity index is 1450. The van der Waals surface area contributed by atoms with Crippen molar-refractivity contribution in [3.8, 4) is 11.5 Å². The van der Waals surface area contributed by atoms with Crippen molar-refractivity contribution >= 4 is 40.3 Å². The van der Waals surface area contributed by atoms with E-state index < -0.39 is 5.60 Å². The van der Waals surface area contributed by atoms with Gasteiger partial charge in [-0.2, -0.15) is 4.37 Å². The molecule has 1 aliphatic heterocycles. The van der Waals surface area contributed by atoms with Crippen molar-refractivity contribution in [1.29, 1.82) is 0 Å². The van der Waals surface area contributed by atoms with Crippen LogP contribution in [0.4, 0.5) is 15.7 Å². The molecule has 10 nitrogen and oxygen atoms in total. The molecule has 12 heteroatoms. The predicted molar refractivity (Wildman–Crippen MR) is 155 cm³/mol. The molecule has 1 N–H and O–H groups in total. The van der Waals surface area contributed by atoms with E-state index in [1.807, 2.05) is 64.1 Å². The van der Waals surface area contributed by atoms with Crippen LogP contribution in [0.25, 0.3) is 0 Å². The molecule has 0 saturated carbocycles. The quantitative estimate of drug-likeness (QED) is 0.250. The van der Waals surface area contributed by atoms with E-state index in [2.05, 4.69) is 24.6 Å². The van der Waals surface area contributed by atoms with E-state index in [0.29, 0.717) is 35.5 Å². The largest absolute Gasteiger partial charge is 0.452 e. The zero-order chi connectivity index (χ0) is 28.1. The second-order valence-electron chi connectivity index (χ2n) is 10.3. The number of amides is 1. The molecule has 0 atom stereocenters. The molecule has 40 heavy (non-hydrogen) atoms. The molecule has 0 aromatic carbocycles. The third kappa shape index (κ3) is 7.24. The average molecular weight is 578 g/mol. The number of hydrogen-bond acceptors (Lipinski definition) is 11. The molecule has 4 aromatic heterocycles. The van der Waals surface area contributed by atoms with Crippen LogP contribution in [0.3, 0.4) is 0 Å². The zero-order valence-corrected chi connectivity index (χ0v) is 24.5. The number of rotatable bonds is 7. The van der Waals surface area contributed by atoms with Gasteiger partial charge < -0.3 is 19.7 Å². The highest BCUT2D eigenvalue weighted by atomic mass is 32.2. The van der Waals surface area contributed by atoms with Crippen LogP contribution in [0.15, 0.2) is 64.9 Å². The lowest BCUT2D eigenvalue weighted by atomic mass is 9.96. The van der Waals surface area contributed by atoms with E-state index in [4.69, 9.17) is 14.5 Å². The average Bonchev–Trinajstić information content (AvgIpc) is 3.40. The molecule has 1 fully saturated rings. The van der Waals surface area contributed by atoms with Gasteiger partial charge in [-0.3, -0.25) is 4.98 Å². The van der Waals surface area contributed by atoms with Gasteiger partial charge in [0.15, 0.2) is 11.6 Å². The van der Waals surface area contributed by atoms with Crippen molar-refractivity contribution < 1.29 is 14.3 Å². The van der Waals surface area contributed by atoms with Gasteiger partial charge in [-0.25, -0.2) is 19.7 Å². The van der Waals surface area contributed by atoms with Crippen LogP contribution in [0.2, 0.25) is 0 Å². The number of ether oxygens (including phenoxy) is 2. The van der Waals surface area contributed by atoms with Crippen LogP contribution < -0.4 is 10.1 Å². The first-order valence-electron chi connectivity index (χ1n) is 13.0. The summed E-state index contributed by atoms with van der Waals surface area (Å²) >= 11 is 2.78. The Morgan fingerprint density at radius 2 is 1.88 bits per heavy atom. The zero-order valence-electron chi connectivity index (χ0n) is 22.8. The van der Waals surface area contributed by atoms with Crippen molar-refractivity contribution in [3.05, 3.63) is 66.5 Å². The first-order chi connectivity index (χ1) is 19.2. The first kappa shape index (κ1) is 27.8. The highest BCUT2D eigenvalue weighted by Gasteiger charge is 2.29. The number of nitrogens with one attached hydrogen (secondary N) is 1. The van der Waals surface area contributed by atoms with E-state index in [1.165, 1.54) is 23.3 Å². The maximum atomic E-state index is 12.4. The molecule has 5 rings (SSSR count). The third-order valence-electron chi connectivity index (χ3n) is 6.05. The molecule has 0 unspecified atom stereocenters. The number of anilines is 2. The summed E-state index contributed by atoms with van der Waals surface area (Å²) in [6.45, 7) is 8.75. The molecule has 5 heterocycles. The monoisotopic (exact) mass is 577 g/mol. The molecule has 0 spiro atoms. The normalized spacial score (nSPS) is 14.2. The third-order valence-corrected chi connectivity index (χ3v) is 7.60. The lowest BCUT2D eigenvalue weighted by molar-refractivity contribution is 0.0203. The molecule has 4 aromatic rings. The van der Waals surface area contributed by atoms with E-state index in [1.54, 1.807) is 23.5 Å². The molecule has 1 aliphatic rings. The summed E-state index contributed by atoms with van der Waals surface area (Å²) in [4.78, 5) is 33.2. The summed E-state index contributed by atoms with van der Waals surface area (Å²) in [7, 11) is 0. The van der Waals surface area contributed by atoms with Crippen LogP contribution in [-0.4, -0.2) is 54.0 Å². The highest BCUT2D eigenvalue weighted by molar-refractivity contribution is 7.99. The number of pyridine rings is 3. The van der Waals surface area contributed by atoms with Crippen LogP contribution in [-0.2, 0) is 4.74 Å². The fraction of sp³-hybridized carbons (Fsp3) is 0.357. The van der Waals surface area contributed by atoms with Crippen LogP contribution in [0.1, 0.15) is 51.0 Å². The summed E-state index contributed by atoms with van der Waals surface area (Å²) in [5, 5.41) is 4.78. The van der Waals surface area contributed by atoms with Crippen molar-refractivity contribution in [1.82, 2.24) is 29.2 Å². The molecule has 1 saturated heterocycles. The molecule has 0 aliphatic carbocycles. The number of piperidine rings is 1. The summed E-state index contributed by atoms with van der Waals surface area (Å²) in [5.74, 6) is 2.64. The number of hydrogen-bond donors (Lipinski definition) is 1. The van der Waals surface area contributed by atoms with Gasteiger partial charge in [0.05, 0.1) is 5.69 Å². The molecular formula is C28H31N7O3S2.